The zero-order valence-electron chi connectivity index (χ0n) is 6.76. The molecule has 0 aromatic heterocycles. The Kier molecular flexibility index (Phi) is 3.22. The van der Waals surface area contributed by atoms with Crippen LogP contribution in [0.5, 0.6) is 0 Å². The Bertz CT molecular complexity index is 159. The van der Waals surface area contributed by atoms with E-state index < -0.39 is 18.3 Å². The second-order valence-electron chi connectivity index (χ2n) is 2.92. The van der Waals surface area contributed by atoms with Gasteiger partial charge in [0.15, 0.2) is 0 Å². The highest BCUT2D eigenvalue weighted by molar-refractivity contribution is 4.92. The minimum absolute atomic E-state index is 0.277. The summed E-state index contributed by atoms with van der Waals surface area (Å²) in [6.07, 6.45) is -0.916. The van der Waals surface area contributed by atoms with Crippen molar-refractivity contribution in [3.05, 3.63) is 12.7 Å². The molecule has 3 N–H and O–H groups in total. The van der Waals surface area contributed by atoms with Gasteiger partial charge in [0.25, 0.3) is 0 Å². The van der Waals surface area contributed by atoms with E-state index in [-0.39, 0.29) is 12.7 Å². The van der Waals surface area contributed by atoms with E-state index in [9.17, 15) is 10.2 Å². The van der Waals surface area contributed by atoms with Gasteiger partial charge in [0, 0.05) is 6.42 Å². The van der Waals surface area contributed by atoms with Gasteiger partial charge in [-0.25, -0.2) is 0 Å². The molecule has 0 aromatic rings. The smallest absolute Gasteiger partial charge is 0.110 e. The molecule has 1 heterocycles. The molecule has 1 aliphatic rings. The molecule has 0 amide bonds. The largest absolute Gasteiger partial charge is 0.394 e. The summed E-state index contributed by atoms with van der Waals surface area (Å²) in [7, 11) is 0. The van der Waals surface area contributed by atoms with Gasteiger partial charge in [-0.1, -0.05) is 6.08 Å². The Morgan fingerprint density at radius 2 is 2.17 bits per heavy atom. The quantitative estimate of drug-likeness (QED) is 0.472. The summed E-state index contributed by atoms with van der Waals surface area (Å²) < 4.78 is 5.19. The predicted molar refractivity (Wildman–Crippen MR) is 42.6 cm³/mol. The van der Waals surface area contributed by atoms with E-state index in [1.165, 1.54) is 0 Å². The summed E-state index contributed by atoms with van der Waals surface area (Å²) >= 11 is 0. The van der Waals surface area contributed by atoms with E-state index >= 15 is 0 Å². The van der Waals surface area contributed by atoms with Gasteiger partial charge in [0.2, 0.25) is 0 Å². The average molecular weight is 174 g/mol. The van der Waals surface area contributed by atoms with E-state index in [0.29, 0.717) is 6.42 Å². The van der Waals surface area contributed by atoms with Crippen molar-refractivity contribution in [1.29, 1.82) is 0 Å². The van der Waals surface area contributed by atoms with Gasteiger partial charge >= 0.3 is 0 Å². The molecule has 4 atom stereocenters. The van der Waals surface area contributed by atoms with Crippen molar-refractivity contribution in [2.75, 3.05) is 6.61 Å². The topological polar surface area (TPSA) is 69.9 Å². The van der Waals surface area contributed by atoms with Gasteiger partial charge in [-0.15, -0.1) is 6.58 Å². The molecule has 0 bridgehead atoms. The molecule has 12 heavy (non-hydrogen) atoms. The molecule has 0 aromatic carbocycles. The van der Waals surface area contributed by atoms with Gasteiger partial charge in [0.05, 0.1) is 18.8 Å². The summed E-state index contributed by atoms with van der Waals surface area (Å²) in [5.74, 6) is 0. The predicted octanol–water partition coefficient (Wildman–Crippen LogP) is -0.956. The molecule has 4 nitrogen and oxygen atoms in total. The lowest BCUT2D eigenvalue weighted by molar-refractivity contribution is -0.167. The maximum absolute atomic E-state index is 9.29. The van der Waals surface area contributed by atoms with Crippen LogP contribution in [0, 0.1) is 0 Å². The van der Waals surface area contributed by atoms with E-state index in [1.54, 1.807) is 6.08 Å². The number of hydrogen-bond donors (Lipinski definition) is 3. The molecule has 4 heteroatoms. The zero-order chi connectivity index (χ0) is 9.14. The van der Waals surface area contributed by atoms with E-state index in [0.717, 1.165) is 0 Å². The molecule has 0 saturated carbocycles. The minimum Gasteiger partial charge on any atom is -0.394 e. The highest BCUT2D eigenvalue weighted by Gasteiger charge is 2.34. The van der Waals surface area contributed by atoms with Crippen LogP contribution in [0.1, 0.15) is 6.42 Å². The van der Waals surface area contributed by atoms with Crippen molar-refractivity contribution in [3.8, 4) is 0 Å². The van der Waals surface area contributed by atoms with Crippen molar-refractivity contribution in [2.24, 2.45) is 0 Å². The van der Waals surface area contributed by atoms with Gasteiger partial charge in [-0.2, -0.15) is 0 Å². The fourth-order valence-electron chi connectivity index (χ4n) is 1.29. The van der Waals surface area contributed by atoms with Crippen LogP contribution < -0.4 is 0 Å². The van der Waals surface area contributed by atoms with Crippen molar-refractivity contribution in [3.63, 3.8) is 0 Å². The SMILES string of the molecule is C=CC1CC(O)C(O)C(CO)O1. The van der Waals surface area contributed by atoms with Crippen LogP contribution in [0.4, 0.5) is 0 Å². The van der Waals surface area contributed by atoms with Gasteiger partial charge in [0.1, 0.15) is 12.2 Å². The Labute approximate surface area is 71.1 Å². The first-order valence-corrected chi connectivity index (χ1v) is 3.94. The number of aliphatic hydroxyl groups excluding tert-OH is 3. The Balaban J connectivity index is 2.57. The Morgan fingerprint density at radius 3 is 2.67 bits per heavy atom. The van der Waals surface area contributed by atoms with Crippen molar-refractivity contribution >= 4 is 0 Å². The van der Waals surface area contributed by atoms with Gasteiger partial charge < -0.3 is 20.1 Å². The molecule has 70 valence electrons. The van der Waals surface area contributed by atoms with Crippen LogP contribution in [0.3, 0.4) is 0 Å². The summed E-state index contributed by atoms with van der Waals surface area (Å²) in [5, 5.41) is 27.3. The third-order valence-corrected chi connectivity index (χ3v) is 2.04. The molecule has 1 saturated heterocycles. The maximum atomic E-state index is 9.29. The van der Waals surface area contributed by atoms with Gasteiger partial charge in [-0.05, 0) is 0 Å². The molecule has 4 unspecified atom stereocenters. The lowest BCUT2D eigenvalue weighted by Crippen LogP contribution is -2.49. The summed E-state index contributed by atoms with van der Waals surface area (Å²) in [6.45, 7) is 3.22. The summed E-state index contributed by atoms with van der Waals surface area (Å²) in [5.41, 5.74) is 0. The van der Waals surface area contributed by atoms with Gasteiger partial charge in [-0.3, -0.25) is 0 Å². The monoisotopic (exact) mass is 174 g/mol. The first kappa shape index (κ1) is 9.67. The van der Waals surface area contributed by atoms with Crippen molar-refractivity contribution in [2.45, 2.75) is 30.8 Å². The third-order valence-electron chi connectivity index (χ3n) is 2.04. The van der Waals surface area contributed by atoms with Crippen LogP contribution in [0.15, 0.2) is 12.7 Å². The van der Waals surface area contributed by atoms with Crippen molar-refractivity contribution < 1.29 is 20.1 Å². The van der Waals surface area contributed by atoms with Crippen LogP contribution >= 0.6 is 0 Å². The fourth-order valence-corrected chi connectivity index (χ4v) is 1.29. The molecular weight excluding hydrogens is 160 g/mol. The zero-order valence-corrected chi connectivity index (χ0v) is 6.76. The van der Waals surface area contributed by atoms with Crippen LogP contribution in [0.25, 0.3) is 0 Å². The Morgan fingerprint density at radius 1 is 1.50 bits per heavy atom. The van der Waals surface area contributed by atoms with Crippen LogP contribution in [-0.4, -0.2) is 46.3 Å². The van der Waals surface area contributed by atoms with Crippen molar-refractivity contribution in [1.82, 2.24) is 0 Å². The van der Waals surface area contributed by atoms with E-state index in [4.69, 9.17) is 9.84 Å². The Hall–Kier alpha value is -0.420. The second kappa shape index (κ2) is 4.00. The van der Waals surface area contributed by atoms with E-state index in [2.05, 4.69) is 6.58 Å². The first-order chi connectivity index (χ1) is 5.69. The molecular formula is C8H14O4. The fraction of sp³-hybridized carbons (Fsp3) is 0.750. The highest BCUT2D eigenvalue weighted by atomic mass is 16.5. The lowest BCUT2D eigenvalue weighted by Gasteiger charge is -2.34. The lowest BCUT2D eigenvalue weighted by atomic mass is 9.98. The van der Waals surface area contributed by atoms with Crippen LogP contribution in [0.2, 0.25) is 0 Å². The molecule has 1 fully saturated rings. The number of hydrogen-bond acceptors (Lipinski definition) is 4. The minimum atomic E-state index is -0.994. The average Bonchev–Trinajstić information content (AvgIpc) is 2.09. The summed E-state index contributed by atoms with van der Waals surface area (Å²) in [4.78, 5) is 0. The molecule has 1 rings (SSSR count). The number of ether oxygens (including phenoxy) is 1. The normalized spacial score (nSPS) is 42.6. The van der Waals surface area contributed by atoms with E-state index in [1.807, 2.05) is 0 Å². The second-order valence-corrected chi connectivity index (χ2v) is 2.92. The molecule has 0 aliphatic carbocycles. The standard InChI is InChI=1S/C8H14O4/c1-2-5-3-6(10)8(11)7(4-9)12-5/h2,5-11H,1,3-4H2. The van der Waals surface area contributed by atoms with Crippen LogP contribution in [-0.2, 0) is 4.74 Å². The number of aliphatic hydroxyl groups is 3. The highest BCUT2D eigenvalue weighted by Crippen LogP contribution is 2.20. The molecule has 1 aliphatic heterocycles. The molecule has 0 radical (unpaired) electrons. The molecule has 0 spiro atoms. The summed E-state index contributed by atoms with van der Waals surface area (Å²) in [6, 6.07) is 0. The third kappa shape index (κ3) is 1.84. The number of rotatable bonds is 2. The maximum Gasteiger partial charge on any atom is 0.110 e. The first-order valence-electron chi connectivity index (χ1n) is 3.94.